The third-order valence-electron chi connectivity index (χ3n) is 9.62. The highest BCUT2D eigenvalue weighted by Gasteiger charge is 2.49. The molecule has 4 atom stereocenters. The molecule has 4 aliphatic rings. The van der Waals surface area contributed by atoms with Crippen molar-refractivity contribution in [1.29, 1.82) is 5.26 Å². The minimum Gasteiger partial charge on any atom is -0.461 e. The van der Waals surface area contributed by atoms with E-state index in [0.717, 1.165) is 43.6 Å². The second-order valence-electron chi connectivity index (χ2n) is 12.3. The SMILES string of the molecule is N#Cc1c(N)sc2c(F)ccc(-c3c(Cl)cc4c(N5CC6CCC(C5)O6)nc(OC[C@@]56CCCN5C[C@H](F)C6)nc4c3F)c12. The summed E-state index contributed by atoms with van der Waals surface area (Å²) in [5, 5.41) is 10.6. The number of anilines is 2. The number of aromatic nitrogens is 2. The Labute approximate surface area is 260 Å². The van der Waals surface area contributed by atoms with Crippen LogP contribution in [0.1, 0.15) is 37.7 Å². The largest absolute Gasteiger partial charge is 0.461 e. The standard InChI is InChI=1S/C31H28ClF3N6O2S/c32-21-8-19-26(25(35)24(21)18-4-5-22(34)27-23(18)20(10-36)28(37)44-27)38-30(39-29(19)40-12-16-2-3-17(13-40)43-16)42-14-31-6-1-7-41(31)11-15(33)9-31/h4-5,8,15-17H,1-3,6-7,9,11-14,37H2/t15-,16?,17?,31+/m1/s1. The van der Waals surface area contributed by atoms with Crippen LogP contribution in [0.2, 0.25) is 5.02 Å². The Kier molecular flexibility index (Phi) is 6.61. The molecule has 2 N–H and O–H groups in total. The van der Waals surface area contributed by atoms with E-state index in [0.29, 0.717) is 37.3 Å². The molecule has 4 aliphatic heterocycles. The Bertz CT molecular complexity index is 1870. The first-order chi connectivity index (χ1) is 21.2. The second kappa shape index (κ2) is 10.3. The quantitative estimate of drug-likeness (QED) is 0.275. The summed E-state index contributed by atoms with van der Waals surface area (Å²) in [7, 11) is 0. The van der Waals surface area contributed by atoms with E-state index in [1.54, 1.807) is 6.07 Å². The van der Waals surface area contributed by atoms with Crippen LogP contribution in [0.15, 0.2) is 18.2 Å². The maximum atomic E-state index is 16.8. The zero-order chi connectivity index (χ0) is 30.3. The Morgan fingerprint density at radius 2 is 2.00 bits per heavy atom. The fourth-order valence-corrected chi connectivity index (χ4v) is 8.90. The summed E-state index contributed by atoms with van der Waals surface area (Å²) in [5.41, 5.74) is 5.88. The number of alkyl halides is 1. The fraction of sp³-hybridized carbons (Fsp3) is 0.452. The molecule has 8 rings (SSSR count). The molecule has 0 spiro atoms. The van der Waals surface area contributed by atoms with Gasteiger partial charge in [0.05, 0.1) is 33.0 Å². The Morgan fingerprint density at radius 1 is 1.20 bits per heavy atom. The molecule has 0 saturated carbocycles. The highest BCUT2D eigenvalue weighted by molar-refractivity contribution is 7.23. The van der Waals surface area contributed by atoms with Crippen LogP contribution in [0.25, 0.3) is 32.1 Å². The fourth-order valence-electron chi connectivity index (χ4n) is 7.66. The molecular weight excluding hydrogens is 613 g/mol. The molecule has 4 saturated heterocycles. The zero-order valence-electron chi connectivity index (χ0n) is 23.6. The van der Waals surface area contributed by atoms with Gasteiger partial charge in [-0.2, -0.15) is 15.2 Å². The molecule has 4 fully saturated rings. The van der Waals surface area contributed by atoms with Crippen molar-refractivity contribution in [3.05, 3.63) is 40.4 Å². The minimum absolute atomic E-state index is 0.0104. The van der Waals surface area contributed by atoms with Crippen LogP contribution < -0.4 is 15.4 Å². The van der Waals surface area contributed by atoms with Crippen LogP contribution in [0, 0.1) is 23.0 Å². The highest BCUT2D eigenvalue weighted by atomic mass is 35.5. The minimum atomic E-state index is -0.921. The number of hydrogen-bond acceptors (Lipinski definition) is 9. The van der Waals surface area contributed by atoms with Gasteiger partial charge >= 0.3 is 6.01 Å². The van der Waals surface area contributed by atoms with Crippen LogP contribution in [-0.4, -0.2) is 71.6 Å². The predicted molar refractivity (Wildman–Crippen MR) is 163 cm³/mol. The van der Waals surface area contributed by atoms with Gasteiger partial charge in [0.1, 0.15) is 41.0 Å². The van der Waals surface area contributed by atoms with E-state index < -0.39 is 23.3 Å². The lowest BCUT2D eigenvalue weighted by atomic mass is 9.95. The molecule has 0 radical (unpaired) electrons. The van der Waals surface area contributed by atoms with E-state index in [9.17, 15) is 14.0 Å². The Balaban J connectivity index is 1.29. The number of hydrogen-bond donors (Lipinski definition) is 1. The molecule has 6 heterocycles. The summed E-state index contributed by atoms with van der Waals surface area (Å²) >= 11 is 7.74. The van der Waals surface area contributed by atoms with Gasteiger partial charge < -0.3 is 20.1 Å². The number of benzene rings is 2. The molecule has 4 aromatic rings. The summed E-state index contributed by atoms with van der Waals surface area (Å²) in [5.74, 6) is -0.830. The van der Waals surface area contributed by atoms with Crippen molar-refractivity contribution in [1.82, 2.24) is 14.9 Å². The first-order valence-corrected chi connectivity index (χ1v) is 16.0. The number of fused-ring (bicyclic) bond motifs is 5. The molecule has 2 bridgehead atoms. The van der Waals surface area contributed by atoms with Gasteiger partial charge in [-0.1, -0.05) is 17.7 Å². The second-order valence-corrected chi connectivity index (χ2v) is 13.7. The first-order valence-electron chi connectivity index (χ1n) is 14.8. The van der Waals surface area contributed by atoms with Crippen molar-refractivity contribution in [2.75, 3.05) is 43.4 Å². The molecule has 8 nitrogen and oxygen atoms in total. The summed E-state index contributed by atoms with van der Waals surface area (Å²) in [6, 6.07) is 6.25. The van der Waals surface area contributed by atoms with Crippen molar-refractivity contribution in [2.24, 2.45) is 0 Å². The van der Waals surface area contributed by atoms with Gasteiger partial charge in [-0.3, -0.25) is 4.90 Å². The van der Waals surface area contributed by atoms with Crippen molar-refractivity contribution < 1.29 is 22.6 Å². The van der Waals surface area contributed by atoms with E-state index >= 15 is 4.39 Å². The van der Waals surface area contributed by atoms with E-state index in [2.05, 4.69) is 14.8 Å². The number of nitrogens with zero attached hydrogens (tertiary/aromatic N) is 5. The topological polar surface area (TPSA) is 101 Å². The molecule has 13 heteroatoms. The van der Waals surface area contributed by atoms with Crippen molar-refractivity contribution in [3.63, 3.8) is 0 Å². The van der Waals surface area contributed by atoms with E-state index in [4.69, 9.17) is 31.8 Å². The third-order valence-corrected chi connectivity index (χ3v) is 10.9. The van der Waals surface area contributed by atoms with Gasteiger partial charge in [-0.15, -0.1) is 11.3 Å². The summed E-state index contributed by atoms with van der Waals surface area (Å²) < 4.78 is 58.5. The van der Waals surface area contributed by atoms with Crippen LogP contribution in [0.5, 0.6) is 6.01 Å². The monoisotopic (exact) mass is 640 g/mol. The number of nitrogens with two attached hydrogens (primary N) is 1. The van der Waals surface area contributed by atoms with Crippen molar-refractivity contribution in [2.45, 2.75) is 56.0 Å². The van der Waals surface area contributed by atoms with Gasteiger partial charge in [-0.05, 0) is 49.9 Å². The summed E-state index contributed by atoms with van der Waals surface area (Å²) in [4.78, 5) is 13.5. The van der Waals surface area contributed by atoms with Gasteiger partial charge in [0.15, 0.2) is 5.82 Å². The summed E-state index contributed by atoms with van der Waals surface area (Å²) in [6.45, 7) is 2.52. The van der Waals surface area contributed by atoms with Gasteiger partial charge in [-0.25, -0.2) is 13.2 Å². The number of halogens is 4. The number of morpholine rings is 1. The zero-order valence-corrected chi connectivity index (χ0v) is 25.2. The molecule has 0 aliphatic carbocycles. The van der Waals surface area contributed by atoms with Gasteiger partial charge in [0.25, 0.3) is 0 Å². The number of nitriles is 1. The normalized spacial score (nSPS) is 26.5. The molecule has 2 aromatic carbocycles. The average Bonchev–Trinajstić information content (AvgIpc) is 3.73. The van der Waals surface area contributed by atoms with Crippen LogP contribution in [0.4, 0.5) is 24.0 Å². The lowest BCUT2D eigenvalue weighted by Gasteiger charge is -2.34. The van der Waals surface area contributed by atoms with Gasteiger partial charge in [0.2, 0.25) is 0 Å². The predicted octanol–water partition coefficient (Wildman–Crippen LogP) is 6.22. The Morgan fingerprint density at radius 3 is 2.77 bits per heavy atom. The molecular formula is C31H28ClF3N6O2S. The molecule has 2 unspecified atom stereocenters. The Hall–Kier alpha value is -3.37. The van der Waals surface area contributed by atoms with E-state index in [1.165, 1.54) is 12.1 Å². The number of thiophene rings is 1. The van der Waals surface area contributed by atoms with E-state index in [1.807, 2.05) is 6.07 Å². The number of nitrogen functional groups attached to an aromatic ring is 1. The smallest absolute Gasteiger partial charge is 0.319 e. The third kappa shape index (κ3) is 4.31. The van der Waals surface area contributed by atoms with E-state index in [-0.39, 0.29) is 67.1 Å². The maximum absolute atomic E-state index is 16.8. The number of ether oxygens (including phenoxy) is 2. The van der Waals surface area contributed by atoms with Crippen LogP contribution in [-0.2, 0) is 4.74 Å². The average molecular weight is 641 g/mol. The molecule has 44 heavy (non-hydrogen) atoms. The highest BCUT2D eigenvalue weighted by Crippen LogP contribution is 2.46. The van der Waals surface area contributed by atoms with Crippen molar-refractivity contribution >= 4 is 54.7 Å². The van der Waals surface area contributed by atoms with Crippen molar-refractivity contribution in [3.8, 4) is 23.2 Å². The van der Waals surface area contributed by atoms with Crippen LogP contribution >= 0.6 is 22.9 Å². The lowest BCUT2D eigenvalue weighted by molar-refractivity contribution is 0.0302. The molecule has 0 amide bonds. The maximum Gasteiger partial charge on any atom is 0.319 e. The summed E-state index contributed by atoms with van der Waals surface area (Å²) in [6.07, 6.45) is 3.15. The van der Waals surface area contributed by atoms with Crippen LogP contribution in [0.3, 0.4) is 0 Å². The molecule has 228 valence electrons. The first kappa shape index (κ1) is 28.1. The number of rotatable bonds is 5. The molecule has 2 aromatic heterocycles. The lowest BCUT2D eigenvalue weighted by Crippen LogP contribution is -2.44. The van der Waals surface area contributed by atoms with Gasteiger partial charge in [0, 0.05) is 42.4 Å².